The van der Waals surface area contributed by atoms with E-state index in [0.717, 1.165) is 47.7 Å². The molecule has 0 heterocycles. The summed E-state index contributed by atoms with van der Waals surface area (Å²) in [5.41, 5.74) is 1.20. The molecule has 6 aliphatic carbocycles. The molecule has 6 fully saturated rings. The largest absolute Gasteiger partial charge is 0.123 e. The monoisotopic (exact) mass is 325 g/mol. The van der Waals surface area contributed by atoms with Crippen LogP contribution in [-0.2, 0) is 0 Å². The molecule has 0 aromatic carbocycles. The zero-order valence-electron chi connectivity index (χ0n) is 16.9. The molecule has 1 radical (unpaired) electrons. The lowest BCUT2D eigenvalue weighted by Gasteiger charge is -2.72. The molecular formula is C23H38B. The van der Waals surface area contributed by atoms with E-state index < -0.39 is 0 Å². The molecule has 0 amide bonds. The minimum atomic E-state index is 0.490. The lowest BCUT2D eigenvalue weighted by molar-refractivity contribution is -0.184. The van der Waals surface area contributed by atoms with Crippen molar-refractivity contribution in [2.75, 3.05) is 0 Å². The number of hydrogen-bond donors (Lipinski definition) is 0. The number of allylic oxidation sites excluding steroid dienone is 1. The Bertz CT molecular complexity index is 532. The van der Waals surface area contributed by atoms with E-state index in [9.17, 15) is 0 Å². The molecule has 0 N–H and O–H groups in total. The van der Waals surface area contributed by atoms with Crippen LogP contribution in [0.25, 0.3) is 0 Å². The van der Waals surface area contributed by atoms with E-state index in [4.69, 9.17) is 0 Å². The van der Waals surface area contributed by atoms with Gasteiger partial charge in [-0.25, -0.2) is 0 Å². The smallest absolute Gasteiger partial charge is 0.104 e. The third-order valence-corrected chi connectivity index (χ3v) is 10.3. The first-order valence-electron chi connectivity index (χ1n) is 10.6. The van der Waals surface area contributed by atoms with Crippen LogP contribution in [0.2, 0.25) is 11.6 Å². The number of fused-ring (bicyclic) bond motifs is 5. The standard InChI is InChI=1S/C23H38B/c1-8-9-24-23(13-17-12-20(15(23)3)22(17,6)7)19-11-16-10-18(14(19)2)21(16,4)5/h8,14-20H,1,9-13H2,2-7H3/t14-,15-,16+,17+,18-,19?,20-,23?/m1/s1. The summed E-state index contributed by atoms with van der Waals surface area (Å²) in [5, 5.41) is 0.490. The van der Waals surface area contributed by atoms with Gasteiger partial charge in [-0.2, -0.15) is 0 Å². The average molecular weight is 325 g/mol. The highest BCUT2D eigenvalue weighted by molar-refractivity contribution is 6.41. The van der Waals surface area contributed by atoms with Gasteiger partial charge in [0, 0.05) is 0 Å². The summed E-state index contributed by atoms with van der Waals surface area (Å²) >= 11 is 0. The summed E-state index contributed by atoms with van der Waals surface area (Å²) in [6.45, 7) is 19.4. The lowest BCUT2D eigenvalue weighted by Crippen LogP contribution is -2.64. The van der Waals surface area contributed by atoms with Gasteiger partial charge in [-0.3, -0.25) is 0 Å². The molecule has 24 heavy (non-hydrogen) atoms. The lowest BCUT2D eigenvalue weighted by atomic mass is 9.25. The first kappa shape index (κ1) is 17.2. The van der Waals surface area contributed by atoms with Crippen molar-refractivity contribution in [1.29, 1.82) is 0 Å². The molecule has 1 heteroatoms. The molecule has 133 valence electrons. The van der Waals surface area contributed by atoms with Gasteiger partial charge in [0.15, 0.2) is 0 Å². The van der Waals surface area contributed by atoms with E-state index >= 15 is 0 Å². The van der Waals surface area contributed by atoms with E-state index in [2.05, 4.69) is 61.5 Å². The van der Waals surface area contributed by atoms with Gasteiger partial charge >= 0.3 is 0 Å². The molecule has 6 rings (SSSR count). The maximum absolute atomic E-state index is 4.04. The zero-order chi connectivity index (χ0) is 17.5. The first-order valence-corrected chi connectivity index (χ1v) is 10.6. The van der Waals surface area contributed by atoms with Crippen LogP contribution in [0.1, 0.15) is 67.2 Å². The summed E-state index contributed by atoms with van der Waals surface area (Å²) in [4.78, 5) is 0. The molecule has 0 spiro atoms. The van der Waals surface area contributed by atoms with E-state index in [1.54, 1.807) is 0 Å². The zero-order valence-corrected chi connectivity index (χ0v) is 16.9. The summed E-state index contributed by atoms with van der Waals surface area (Å²) < 4.78 is 0. The Hall–Kier alpha value is -0.195. The summed E-state index contributed by atoms with van der Waals surface area (Å²) in [7, 11) is 2.75. The highest BCUT2D eigenvalue weighted by Gasteiger charge is 2.67. The molecule has 8 atom stereocenters. The highest BCUT2D eigenvalue weighted by Crippen LogP contribution is 2.76. The predicted octanol–water partition coefficient (Wildman–Crippen LogP) is 6.47. The van der Waals surface area contributed by atoms with Crippen molar-refractivity contribution in [2.45, 2.75) is 78.9 Å². The van der Waals surface area contributed by atoms with Crippen molar-refractivity contribution >= 4 is 7.28 Å². The van der Waals surface area contributed by atoms with Gasteiger partial charge in [-0.1, -0.05) is 65.7 Å². The van der Waals surface area contributed by atoms with Crippen LogP contribution in [0.4, 0.5) is 0 Å². The second-order valence-corrected chi connectivity index (χ2v) is 11.3. The Morgan fingerprint density at radius 2 is 1.50 bits per heavy atom. The minimum absolute atomic E-state index is 0.490. The highest BCUT2D eigenvalue weighted by atomic mass is 14.7. The molecule has 2 unspecified atom stereocenters. The van der Waals surface area contributed by atoms with Crippen LogP contribution in [0.5, 0.6) is 0 Å². The van der Waals surface area contributed by atoms with Crippen LogP contribution in [0.3, 0.4) is 0 Å². The minimum Gasteiger partial charge on any atom is -0.104 e. The number of rotatable bonds is 4. The fraction of sp³-hybridized carbons (Fsp3) is 0.913. The predicted molar refractivity (Wildman–Crippen MR) is 105 cm³/mol. The molecule has 0 nitrogen and oxygen atoms in total. The molecule has 0 aromatic heterocycles. The molecule has 0 aromatic rings. The van der Waals surface area contributed by atoms with Gasteiger partial charge in [0.1, 0.15) is 7.28 Å². The molecule has 6 aliphatic rings. The fourth-order valence-electron chi connectivity index (χ4n) is 8.31. The van der Waals surface area contributed by atoms with Crippen molar-refractivity contribution in [1.82, 2.24) is 0 Å². The molecular weight excluding hydrogens is 287 g/mol. The Balaban J connectivity index is 1.65. The van der Waals surface area contributed by atoms with Gasteiger partial charge in [0.05, 0.1) is 0 Å². The van der Waals surface area contributed by atoms with Crippen molar-refractivity contribution < 1.29 is 0 Å². The van der Waals surface area contributed by atoms with Crippen LogP contribution in [0, 0.1) is 52.3 Å². The molecule has 0 aliphatic heterocycles. The maximum atomic E-state index is 4.04. The maximum Gasteiger partial charge on any atom is 0.123 e. The van der Waals surface area contributed by atoms with Gasteiger partial charge < -0.3 is 0 Å². The van der Waals surface area contributed by atoms with Crippen LogP contribution in [-0.4, -0.2) is 7.28 Å². The molecule has 0 saturated heterocycles. The van der Waals surface area contributed by atoms with E-state index in [1.807, 2.05) is 0 Å². The van der Waals surface area contributed by atoms with Gasteiger partial charge in [-0.15, -0.1) is 6.58 Å². The Kier molecular flexibility index (Phi) is 3.71. The van der Waals surface area contributed by atoms with Crippen LogP contribution < -0.4 is 0 Å². The number of hydrogen-bond acceptors (Lipinski definition) is 0. The quantitative estimate of drug-likeness (QED) is 0.410. The Morgan fingerprint density at radius 1 is 0.917 bits per heavy atom. The molecule has 6 saturated carbocycles. The topological polar surface area (TPSA) is 0 Å². The normalized spacial score (nSPS) is 53.5. The first-order chi connectivity index (χ1) is 11.2. The summed E-state index contributed by atoms with van der Waals surface area (Å²) in [6.07, 6.45) is 9.19. The summed E-state index contributed by atoms with van der Waals surface area (Å²) in [6, 6.07) is 0. The van der Waals surface area contributed by atoms with Crippen molar-refractivity contribution in [3.8, 4) is 0 Å². The van der Waals surface area contributed by atoms with Crippen molar-refractivity contribution in [2.24, 2.45) is 52.3 Å². The average Bonchev–Trinajstić information content (AvgIpc) is 2.53. The van der Waals surface area contributed by atoms with Crippen molar-refractivity contribution in [3.05, 3.63) is 12.7 Å². The fourth-order valence-corrected chi connectivity index (χ4v) is 8.31. The van der Waals surface area contributed by atoms with Gasteiger partial charge in [0.2, 0.25) is 0 Å². The molecule has 4 bridgehead atoms. The second-order valence-electron chi connectivity index (χ2n) is 11.3. The van der Waals surface area contributed by atoms with Crippen LogP contribution >= 0.6 is 0 Å². The third kappa shape index (κ3) is 1.94. The van der Waals surface area contributed by atoms with Crippen LogP contribution in [0.15, 0.2) is 12.7 Å². The van der Waals surface area contributed by atoms with Gasteiger partial charge in [0.25, 0.3) is 0 Å². The van der Waals surface area contributed by atoms with Gasteiger partial charge in [-0.05, 0) is 71.5 Å². The van der Waals surface area contributed by atoms with E-state index in [1.165, 1.54) is 25.7 Å². The Morgan fingerprint density at radius 3 is 2.00 bits per heavy atom. The Labute approximate surface area is 151 Å². The van der Waals surface area contributed by atoms with E-state index in [0.29, 0.717) is 16.1 Å². The van der Waals surface area contributed by atoms with E-state index in [-0.39, 0.29) is 0 Å². The van der Waals surface area contributed by atoms with Crippen molar-refractivity contribution in [3.63, 3.8) is 0 Å². The summed E-state index contributed by atoms with van der Waals surface area (Å²) in [5.74, 6) is 6.52. The second kappa shape index (κ2) is 5.17. The third-order valence-electron chi connectivity index (χ3n) is 10.3. The SMILES string of the molecule is C=CC[B]C1(C2C[C@@H]3C[C@H]([C@H]2C)C3(C)C)C[C@@H]2C[C@H]([C@H]1C)C2(C)C.